The average Bonchev–Trinajstić information content (AvgIpc) is 2.01. The Balaban J connectivity index is 3.56. The molecule has 0 unspecified atom stereocenters. The van der Waals surface area contributed by atoms with Crippen LogP contribution in [0.3, 0.4) is 0 Å². The van der Waals surface area contributed by atoms with E-state index in [4.69, 9.17) is 27.0 Å². The van der Waals surface area contributed by atoms with Gasteiger partial charge in [0.2, 0.25) is 0 Å². The molecule has 0 saturated heterocycles. The lowest BCUT2D eigenvalue weighted by molar-refractivity contribution is 0.353. The van der Waals surface area contributed by atoms with E-state index in [1.54, 1.807) is 0 Å². The lowest BCUT2D eigenvalue weighted by Gasteiger charge is -2.12. The van der Waals surface area contributed by atoms with Crippen LogP contribution in [-0.4, -0.2) is 28.1 Å². The molecule has 84 valence electrons. The van der Waals surface area contributed by atoms with Crippen molar-refractivity contribution in [1.82, 2.24) is 0 Å². The first-order valence-electron chi connectivity index (χ1n) is 4.20. The second-order valence-electron chi connectivity index (χ2n) is 2.96. The lowest BCUT2D eigenvalue weighted by atomic mass is 10.2. The SMILES string of the molecule is NC(N)=NCCCC[C@H](N)P(=O)(O)O. The summed E-state index contributed by atoms with van der Waals surface area (Å²) in [6, 6.07) is 0. The van der Waals surface area contributed by atoms with Crippen molar-refractivity contribution in [2.24, 2.45) is 22.2 Å². The van der Waals surface area contributed by atoms with Crippen molar-refractivity contribution < 1.29 is 14.4 Å². The molecule has 0 aliphatic rings. The van der Waals surface area contributed by atoms with E-state index in [2.05, 4.69) is 4.99 Å². The van der Waals surface area contributed by atoms with Crippen LogP contribution in [0.1, 0.15) is 19.3 Å². The number of hydrogen-bond donors (Lipinski definition) is 5. The molecule has 8 heteroatoms. The number of unbranched alkanes of at least 4 members (excludes halogenated alkanes) is 1. The van der Waals surface area contributed by atoms with Crippen LogP contribution >= 0.6 is 7.60 Å². The molecule has 0 aromatic rings. The van der Waals surface area contributed by atoms with Crippen molar-refractivity contribution >= 4 is 13.6 Å². The Bertz CT molecular complexity index is 235. The minimum absolute atomic E-state index is 0.0179. The summed E-state index contributed by atoms with van der Waals surface area (Å²) < 4.78 is 10.6. The molecule has 0 saturated carbocycles. The number of rotatable bonds is 6. The highest BCUT2D eigenvalue weighted by atomic mass is 31.2. The third-order valence-electron chi connectivity index (χ3n) is 1.63. The molecule has 0 spiro atoms. The Hall–Kier alpha value is -0.620. The van der Waals surface area contributed by atoms with Gasteiger partial charge in [0.05, 0.1) is 0 Å². The zero-order chi connectivity index (χ0) is 11.2. The van der Waals surface area contributed by atoms with Gasteiger partial charge < -0.3 is 27.0 Å². The van der Waals surface area contributed by atoms with E-state index in [1.165, 1.54) is 0 Å². The molecule has 0 bridgehead atoms. The van der Waals surface area contributed by atoms with Gasteiger partial charge in [-0.15, -0.1) is 0 Å². The minimum Gasteiger partial charge on any atom is -0.370 e. The molecule has 0 aliphatic heterocycles. The number of nitrogens with zero attached hydrogens (tertiary/aromatic N) is 1. The highest BCUT2D eigenvalue weighted by molar-refractivity contribution is 7.52. The minimum atomic E-state index is -4.13. The molecule has 0 aromatic carbocycles. The van der Waals surface area contributed by atoms with Gasteiger partial charge in [-0.05, 0) is 19.3 Å². The highest BCUT2D eigenvalue weighted by Crippen LogP contribution is 2.40. The van der Waals surface area contributed by atoms with Gasteiger partial charge >= 0.3 is 7.60 Å². The molecule has 0 radical (unpaired) electrons. The van der Waals surface area contributed by atoms with Gasteiger partial charge in [-0.1, -0.05) is 0 Å². The molecule has 0 heterocycles. The summed E-state index contributed by atoms with van der Waals surface area (Å²) in [5, 5.41) is 0. The van der Waals surface area contributed by atoms with Crippen molar-refractivity contribution in [3.05, 3.63) is 0 Å². The fraction of sp³-hybridized carbons (Fsp3) is 0.833. The first kappa shape index (κ1) is 13.4. The van der Waals surface area contributed by atoms with Crippen LogP contribution in [0.4, 0.5) is 0 Å². The first-order chi connectivity index (χ1) is 6.34. The highest BCUT2D eigenvalue weighted by Gasteiger charge is 2.23. The standard InChI is InChI=1S/C6H17N4O3P/c7-5(14(11,12)13)3-1-2-4-10-6(8)9/h5H,1-4,7H2,(H4,8,9,10)(H2,11,12,13)/t5-/m1/s1. The molecule has 0 fully saturated rings. The normalized spacial score (nSPS) is 13.6. The van der Waals surface area contributed by atoms with Gasteiger partial charge in [0.1, 0.15) is 5.78 Å². The van der Waals surface area contributed by atoms with Gasteiger partial charge in [0.25, 0.3) is 0 Å². The molecular weight excluding hydrogens is 207 g/mol. The van der Waals surface area contributed by atoms with Crippen LogP contribution < -0.4 is 17.2 Å². The van der Waals surface area contributed by atoms with E-state index in [1.807, 2.05) is 0 Å². The largest absolute Gasteiger partial charge is 0.370 e. The van der Waals surface area contributed by atoms with Crippen molar-refractivity contribution in [1.29, 1.82) is 0 Å². The molecule has 1 atom stereocenters. The number of aliphatic imine (C=N–C) groups is 1. The zero-order valence-corrected chi connectivity index (χ0v) is 8.73. The Morgan fingerprint density at radius 2 is 1.93 bits per heavy atom. The molecule has 0 aliphatic carbocycles. The molecule has 8 N–H and O–H groups in total. The summed E-state index contributed by atoms with van der Waals surface area (Å²) in [5.74, 6) is -1.06. The summed E-state index contributed by atoms with van der Waals surface area (Å²) in [6.07, 6.45) is 1.51. The van der Waals surface area contributed by atoms with E-state index < -0.39 is 13.4 Å². The van der Waals surface area contributed by atoms with Crippen LogP contribution in [0.2, 0.25) is 0 Å². The van der Waals surface area contributed by atoms with E-state index >= 15 is 0 Å². The van der Waals surface area contributed by atoms with Crippen molar-refractivity contribution in [3.63, 3.8) is 0 Å². The third-order valence-corrected chi connectivity index (χ3v) is 2.76. The summed E-state index contributed by atoms with van der Waals surface area (Å²) in [4.78, 5) is 21.0. The first-order valence-corrected chi connectivity index (χ1v) is 5.88. The molecule has 7 nitrogen and oxygen atoms in total. The predicted octanol–water partition coefficient (Wildman–Crippen LogP) is -1.11. The van der Waals surface area contributed by atoms with E-state index in [0.717, 1.165) is 0 Å². The van der Waals surface area contributed by atoms with Crippen molar-refractivity contribution in [2.75, 3.05) is 6.54 Å². The topological polar surface area (TPSA) is 148 Å². The van der Waals surface area contributed by atoms with Gasteiger partial charge in [0.15, 0.2) is 5.96 Å². The zero-order valence-electron chi connectivity index (χ0n) is 7.83. The van der Waals surface area contributed by atoms with Crippen LogP contribution in [0.15, 0.2) is 4.99 Å². The Kier molecular flexibility index (Phi) is 5.71. The van der Waals surface area contributed by atoms with E-state index in [-0.39, 0.29) is 12.4 Å². The second-order valence-corrected chi connectivity index (χ2v) is 4.80. The van der Waals surface area contributed by atoms with Crippen LogP contribution in [0, 0.1) is 0 Å². The monoisotopic (exact) mass is 224 g/mol. The van der Waals surface area contributed by atoms with Gasteiger partial charge in [-0.3, -0.25) is 9.56 Å². The Morgan fingerprint density at radius 3 is 2.36 bits per heavy atom. The number of guanidine groups is 1. The smallest absolute Gasteiger partial charge is 0.342 e. The van der Waals surface area contributed by atoms with Crippen LogP contribution in [-0.2, 0) is 4.57 Å². The lowest BCUT2D eigenvalue weighted by Crippen LogP contribution is -2.23. The van der Waals surface area contributed by atoms with E-state index in [9.17, 15) is 4.57 Å². The number of hydrogen-bond acceptors (Lipinski definition) is 3. The summed E-state index contributed by atoms with van der Waals surface area (Å²) in [7, 11) is -4.13. The fourth-order valence-corrected chi connectivity index (χ4v) is 1.36. The molecular formula is C6H17N4O3P. The average molecular weight is 224 g/mol. The summed E-state index contributed by atoms with van der Waals surface area (Å²) in [6.45, 7) is 0.455. The summed E-state index contributed by atoms with van der Waals surface area (Å²) in [5.41, 5.74) is 15.4. The quantitative estimate of drug-likeness (QED) is 0.167. The maximum atomic E-state index is 10.6. The molecule has 0 amide bonds. The molecule has 0 aromatic heterocycles. The Morgan fingerprint density at radius 1 is 1.36 bits per heavy atom. The number of nitrogens with two attached hydrogens (primary N) is 3. The van der Waals surface area contributed by atoms with Gasteiger partial charge in [-0.25, -0.2) is 0 Å². The maximum absolute atomic E-state index is 10.6. The van der Waals surface area contributed by atoms with Gasteiger partial charge in [0, 0.05) is 6.54 Å². The molecule has 0 rings (SSSR count). The Labute approximate surface area is 82.5 Å². The third kappa shape index (κ3) is 6.85. The van der Waals surface area contributed by atoms with Crippen molar-refractivity contribution in [2.45, 2.75) is 25.0 Å². The molecule has 14 heavy (non-hydrogen) atoms. The van der Waals surface area contributed by atoms with Crippen LogP contribution in [0.5, 0.6) is 0 Å². The van der Waals surface area contributed by atoms with E-state index in [0.29, 0.717) is 19.4 Å². The van der Waals surface area contributed by atoms with Crippen molar-refractivity contribution in [3.8, 4) is 0 Å². The van der Waals surface area contributed by atoms with Crippen LogP contribution in [0.25, 0.3) is 0 Å². The summed E-state index contributed by atoms with van der Waals surface area (Å²) >= 11 is 0. The van der Waals surface area contributed by atoms with Gasteiger partial charge in [-0.2, -0.15) is 0 Å². The predicted molar refractivity (Wildman–Crippen MR) is 54.5 cm³/mol. The maximum Gasteiger partial charge on any atom is 0.342 e. The second kappa shape index (κ2) is 5.98. The fourth-order valence-electron chi connectivity index (χ4n) is 0.842.